The molecule has 2 fully saturated rings. The molecule has 0 aliphatic carbocycles. The minimum absolute atomic E-state index is 0.000872. The van der Waals surface area contributed by atoms with Crippen molar-refractivity contribution in [3.63, 3.8) is 0 Å². The number of nitrogens with zero attached hydrogens (tertiary/aromatic N) is 2. The zero-order valence-corrected chi connectivity index (χ0v) is 19.4. The number of likely N-dealkylation sites (tertiary alicyclic amines) is 1. The van der Waals surface area contributed by atoms with E-state index >= 15 is 0 Å². The van der Waals surface area contributed by atoms with Crippen LogP contribution in [0.2, 0.25) is 0 Å². The van der Waals surface area contributed by atoms with Crippen LogP contribution in [0.4, 0.5) is 10.1 Å². The minimum Gasteiger partial charge on any atom is -0.494 e. The van der Waals surface area contributed by atoms with E-state index in [4.69, 9.17) is 4.74 Å². The molecule has 33 heavy (non-hydrogen) atoms. The van der Waals surface area contributed by atoms with Crippen LogP contribution in [-0.2, 0) is 22.6 Å². The number of hydrogen-bond donors (Lipinski definition) is 1. The third-order valence-corrected chi connectivity index (χ3v) is 6.71. The molecule has 0 radical (unpaired) electrons. The van der Waals surface area contributed by atoms with E-state index in [0.717, 1.165) is 43.6 Å². The van der Waals surface area contributed by atoms with Crippen molar-refractivity contribution in [1.82, 2.24) is 10.2 Å². The van der Waals surface area contributed by atoms with Crippen LogP contribution in [0, 0.1) is 11.7 Å². The van der Waals surface area contributed by atoms with Gasteiger partial charge in [-0.2, -0.15) is 0 Å². The molecule has 6 nitrogen and oxygen atoms in total. The SMILES string of the molecule is CCc1ccc(N2CC(C(=O)NC3CCN(Cc4ccc(OC)c(F)c4)CC3)CC2=O)cc1. The molecule has 2 aromatic rings. The van der Waals surface area contributed by atoms with Crippen LogP contribution in [-0.4, -0.2) is 49.5 Å². The fourth-order valence-electron chi connectivity index (χ4n) is 4.67. The molecule has 4 rings (SSSR count). The van der Waals surface area contributed by atoms with Gasteiger partial charge in [0.15, 0.2) is 11.6 Å². The lowest BCUT2D eigenvalue weighted by Gasteiger charge is -2.32. The Hall–Kier alpha value is -2.93. The van der Waals surface area contributed by atoms with Crippen LogP contribution in [0.15, 0.2) is 42.5 Å². The molecule has 2 amide bonds. The van der Waals surface area contributed by atoms with Gasteiger partial charge in [0, 0.05) is 44.3 Å². The molecule has 2 aromatic carbocycles. The van der Waals surface area contributed by atoms with Gasteiger partial charge in [0.05, 0.1) is 13.0 Å². The highest BCUT2D eigenvalue weighted by Gasteiger charge is 2.36. The van der Waals surface area contributed by atoms with Crippen molar-refractivity contribution in [2.45, 2.75) is 45.2 Å². The van der Waals surface area contributed by atoms with Crippen molar-refractivity contribution < 1.29 is 18.7 Å². The summed E-state index contributed by atoms with van der Waals surface area (Å²) in [5.41, 5.74) is 2.99. The van der Waals surface area contributed by atoms with Crippen LogP contribution in [0.3, 0.4) is 0 Å². The minimum atomic E-state index is -0.349. The zero-order chi connectivity index (χ0) is 23.4. The van der Waals surface area contributed by atoms with E-state index in [-0.39, 0.29) is 41.8 Å². The summed E-state index contributed by atoms with van der Waals surface area (Å²) < 4.78 is 18.9. The Morgan fingerprint density at radius 3 is 2.45 bits per heavy atom. The molecule has 2 aliphatic heterocycles. The van der Waals surface area contributed by atoms with Crippen LogP contribution in [0.25, 0.3) is 0 Å². The number of halogens is 1. The van der Waals surface area contributed by atoms with E-state index in [1.165, 1.54) is 18.7 Å². The predicted molar refractivity (Wildman–Crippen MR) is 126 cm³/mol. The monoisotopic (exact) mass is 453 g/mol. The van der Waals surface area contributed by atoms with Gasteiger partial charge in [0.1, 0.15) is 0 Å². The first-order valence-electron chi connectivity index (χ1n) is 11.7. The zero-order valence-electron chi connectivity index (χ0n) is 19.4. The summed E-state index contributed by atoms with van der Waals surface area (Å²) in [6, 6.07) is 13.1. The average Bonchev–Trinajstić information content (AvgIpc) is 3.22. The van der Waals surface area contributed by atoms with E-state index in [1.54, 1.807) is 11.0 Å². The number of anilines is 1. The second-order valence-electron chi connectivity index (χ2n) is 8.95. The van der Waals surface area contributed by atoms with Gasteiger partial charge in [-0.3, -0.25) is 14.5 Å². The quantitative estimate of drug-likeness (QED) is 0.697. The van der Waals surface area contributed by atoms with Gasteiger partial charge in [-0.1, -0.05) is 25.1 Å². The molecule has 2 aliphatic rings. The molecule has 2 heterocycles. The molecule has 1 N–H and O–H groups in total. The van der Waals surface area contributed by atoms with Crippen LogP contribution < -0.4 is 15.0 Å². The number of carbonyl (C=O) groups excluding carboxylic acids is 2. The van der Waals surface area contributed by atoms with Gasteiger partial charge >= 0.3 is 0 Å². The summed E-state index contributed by atoms with van der Waals surface area (Å²) in [7, 11) is 1.46. The highest BCUT2D eigenvalue weighted by atomic mass is 19.1. The van der Waals surface area contributed by atoms with Crippen molar-refractivity contribution >= 4 is 17.5 Å². The first-order valence-corrected chi connectivity index (χ1v) is 11.7. The summed E-state index contributed by atoms with van der Waals surface area (Å²) in [6.07, 6.45) is 2.89. The number of hydrogen-bond acceptors (Lipinski definition) is 4. The Labute approximate surface area is 194 Å². The summed E-state index contributed by atoms with van der Waals surface area (Å²) in [5.74, 6) is -0.447. The number of nitrogens with one attached hydrogen (secondary N) is 1. The average molecular weight is 454 g/mol. The van der Waals surface area contributed by atoms with Gasteiger partial charge in [0.25, 0.3) is 0 Å². The smallest absolute Gasteiger partial charge is 0.227 e. The third-order valence-electron chi connectivity index (χ3n) is 6.71. The molecule has 0 spiro atoms. The fourth-order valence-corrected chi connectivity index (χ4v) is 4.67. The maximum atomic E-state index is 13.9. The lowest BCUT2D eigenvalue weighted by atomic mass is 10.0. The number of benzene rings is 2. The molecular weight excluding hydrogens is 421 g/mol. The van der Waals surface area contributed by atoms with Crippen LogP contribution in [0.5, 0.6) is 5.75 Å². The van der Waals surface area contributed by atoms with Gasteiger partial charge in [-0.15, -0.1) is 0 Å². The molecular formula is C26H32FN3O3. The molecule has 176 valence electrons. The molecule has 1 atom stereocenters. The summed E-state index contributed by atoms with van der Waals surface area (Å²) in [6.45, 7) is 4.86. The second kappa shape index (κ2) is 10.3. The number of methoxy groups -OCH3 is 1. The largest absolute Gasteiger partial charge is 0.494 e. The lowest BCUT2D eigenvalue weighted by molar-refractivity contribution is -0.127. The number of amides is 2. The van der Waals surface area contributed by atoms with Crippen molar-refractivity contribution in [2.24, 2.45) is 5.92 Å². The van der Waals surface area contributed by atoms with E-state index in [0.29, 0.717) is 13.1 Å². The van der Waals surface area contributed by atoms with E-state index < -0.39 is 0 Å². The van der Waals surface area contributed by atoms with E-state index in [1.807, 2.05) is 30.3 Å². The number of piperidine rings is 1. The first-order chi connectivity index (χ1) is 16.0. The van der Waals surface area contributed by atoms with Gasteiger partial charge in [-0.25, -0.2) is 4.39 Å². The highest BCUT2D eigenvalue weighted by Crippen LogP contribution is 2.26. The highest BCUT2D eigenvalue weighted by molar-refractivity contribution is 6.00. The van der Waals surface area contributed by atoms with Gasteiger partial charge in [0.2, 0.25) is 11.8 Å². The number of ether oxygens (including phenoxy) is 1. The Balaban J connectivity index is 1.25. The Kier molecular flexibility index (Phi) is 7.28. The number of rotatable bonds is 7. The van der Waals surface area contributed by atoms with Crippen molar-refractivity contribution in [3.05, 3.63) is 59.4 Å². The maximum absolute atomic E-state index is 13.9. The first kappa shape index (κ1) is 23.2. The normalized spacial score (nSPS) is 19.7. The molecule has 0 saturated carbocycles. The Bertz CT molecular complexity index is 987. The lowest BCUT2D eigenvalue weighted by Crippen LogP contribution is -2.46. The summed E-state index contributed by atoms with van der Waals surface area (Å²) in [5, 5.41) is 3.16. The van der Waals surface area contributed by atoms with Gasteiger partial charge in [-0.05, 0) is 54.7 Å². The van der Waals surface area contributed by atoms with E-state index in [2.05, 4.69) is 17.1 Å². The number of aryl methyl sites for hydroxylation is 1. The molecule has 2 saturated heterocycles. The molecule has 7 heteroatoms. The second-order valence-corrected chi connectivity index (χ2v) is 8.95. The van der Waals surface area contributed by atoms with Crippen LogP contribution >= 0.6 is 0 Å². The van der Waals surface area contributed by atoms with Crippen LogP contribution in [0.1, 0.15) is 37.3 Å². The van der Waals surface area contributed by atoms with Crippen molar-refractivity contribution in [2.75, 3.05) is 31.6 Å². The number of carbonyl (C=O) groups is 2. The molecule has 0 aromatic heterocycles. The topological polar surface area (TPSA) is 61.9 Å². The van der Waals surface area contributed by atoms with Crippen molar-refractivity contribution in [1.29, 1.82) is 0 Å². The predicted octanol–water partition coefficient (Wildman–Crippen LogP) is 3.53. The third kappa shape index (κ3) is 5.53. The Morgan fingerprint density at radius 2 is 1.82 bits per heavy atom. The molecule has 1 unspecified atom stereocenters. The summed E-state index contributed by atoms with van der Waals surface area (Å²) in [4.78, 5) is 29.4. The van der Waals surface area contributed by atoms with E-state index in [9.17, 15) is 14.0 Å². The molecule has 0 bridgehead atoms. The standard InChI is InChI=1S/C26H32FN3O3/c1-3-18-4-7-22(8-5-18)30-17-20(15-25(30)31)26(32)28-21-10-12-29(13-11-21)16-19-6-9-24(33-2)23(27)14-19/h4-9,14,20-21H,3,10-13,15-17H2,1-2H3,(H,28,32). The van der Waals surface area contributed by atoms with Crippen molar-refractivity contribution in [3.8, 4) is 5.75 Å². The summed E-state index contributed by atoms with van der Waals surface area (Å²) >= 11 is 0. The Morgan fingerprint density at radius 1 is 1.12 bits per heavy atom. The fraction of sp³-hybridized carbons (Fsp3) is 0.462. The van der Waals surface area contributed by atoms with Gasteiger partial charge < -0.3 is 15.0 Å². The maximum Gasteiger partial charge on any atom is 0.227 e.